The first kappa shape index (κ1) is 20.8. The fourth-order valence-corrected chi connectivity index (χ4v) is 3.33. The van der Waals surface area contributed by atoms with Gasteiger partial charge in [-0.1, -0.05) is 67.9 Å². The van der Waals surface area contributed by atoms with Gasteiger partial charge in [0.1, 0.15) is 5.75 Å². The molecule has 0 aliphatic rings. The SMILES string of the molecule is CCCc1ccccc1OC(=O)c1ccc(-c2ccc(C(C)OCC)cc2)cc1. The van der Waals surface area contributed by atoms with Crippen LogP contribution in [0.15, 0.2) is 72.8 Å². The van der Waals surface area contributed by atoms with Crippen LogP contribution in [0.2, 0.25) is 0 Å². The number of carbonyl (C=O) groups excluding carboxylic acids is 1. The molecule has 0 fully saturated rings. The topological polar surface area (TPSA) is 35.5 Å². The lowest BCUT2D eigenvalue weighted by Crippen LogP contribution is -2.09. The third-order valence-electron chi connectivity index (χ3n) is 4.95. The van der Waals surface area contributed by atoms with Gasteiger partial charge in [0, 0.05) is 6.61 Å². The Hall–Kier alpha value is -2.91. The highest BCUT2D eigenvalue weighted by atomic mass is 16.5. The lowest BCUT2D eigenvalue weighted by Gasteiger charge is -2.12. The molecule has 3 aromatic carbocycles. The van der Waals surface area contributed by atoms with Crippen LogP contribution in [0.5, 0.6) is 5.75 Å². The molecule has 3 rings (SSSR count). The van der Waals surface area contributed by atoms with Crippen molar-refractivity contribution in [3.05, 3.63) is 89.5 Å². The summed E-state index contributed by atoms with van der Waals surface area (Å²) in [6, 6.07) is 23.6. The summed E-state index contributed by atoms with van der Waals surface area (Å²) in [5.74, 6) is 0.309. The van der Waals surface area contributed by atoms with Crippen molar-refractivity contribution < 1.29 is 14.3 Å². The molecule has 0 saturated carbocycles. The van der Waals surface area contributed by atoms with Gasteiger partial charge in [-0.15, -0.1) is 0 Å². The molecule has 0 aromatic heterocycles. The normalized spacial score (nSPS) is 11.8. The van der Waals surface area contributed by atoms with Crippen molar-refractivity contribution in [2.24, 2.45) is 0 Å². The zero-order valence-corrected chi connectivity index (χ0v) is 17.4. The van der Waals surface area contributed by atoms with Crippen LogP contribution >= 0.6 is 0 Å². The lowest BCUT2D eigenvalue weighted by molar-refractivity contribution is 0.0732. The van der Waals surface area contributed by atoms with Gasteiger partial charge in [-0.05, 0) is 60.7 Å². The molecule has 3 nitrogen and oxygen atoms in total. The molecular weight excluding hydrogens is 360 g/mol. The predicted molar refractivity (Wildman–Crippen MR) is 117 cm³/mol. The molecule has 150 valence electrons. The molecule has 0 saturated heterocycles. The monoisotopic (exact) mass is 388 g/mol. The molecule has 0 radical (unpaired) electrons. The maximum Gasteiger partial charge on any atom is 0.343 e. The van der Waals surface area contributed by atoms with Crippen LogP contribution in [-0.2, 0) is 11.2 Å². The van der Waals surface area contributed by atoms with E-state index in [1.807, 2.05) is 55.5 Å². The first-order valence-corrected chi connectivity index (χ1v) is 10.2. The fourth-order valence-electron chi connectivity index (χ4n) is 3.33. The van der Waals surface area contributed by atoms with E-state index >= 15 is 0 Å². The molecule has 0 aliphatic carbocycles. The molecular formula is C26H28O3. The Bertz CT molecular complexity index is 927. The van der Waals surface area contributed by atoms with Gasteiger partial charge in [0.2, 0.25) is 0 Å². The predicted octanol–water partition coefficient (Wildman–Crippen LogP) is 6.62. The maximum absolute atomic E-state index is 12.6. The second-order valence-electron chi connectivity index (χ2n) is 7.04. The van der Waals surface area contributed by atoms with Crippen LogP contribution in [0.25, 0.3) is 11.1 Å². The summed E-state index contributed by atoms with van der Waals surface area (Å²) in [4.78, 5) is 12.6. The summed E-state index contributed by atoms with van der Waals surface area (Å²) in [6.07, 6.45) is 1.98. The highest BCUT2D eigenvalue weighted by Gasteiger charge is 2.12. The first-order valence-electron chi connectivity index (χ1n) is 10.2. The van der Waals surface area contributed by atoms with Crippen molar-refractivity contribution in [2.75, 3.05) is 6.61 Å². The Morgan fingerprint density at radius 2 is 1.48 bits per heavy atom. The smallest absolute Gasteiger partial charge is 0.343 e. The molecule has 0 N–H and O–H groups in total. The number of para-hydroxylation sites is 1. The summed E-state index contributed by atoms with van der Waals surface area (Å²) in [5, 5.41) is 0. The maximum atomic E-state index is 12.6. The van der Waals surface area contributed by atoms with Gasteiger partial charge in [-0.3, -0.25) is 0 Å². The van der Waals surface area contributed by atoms with Crippen LogP contribution < -0.4 is 4.74 Å². The molecule has 1 atom stereocenters. The van der Waals surface area contributed by atoms with Crippen LogP contribution in [0, 0.1) is 0 Å². The second kappa shape index (κ2) is 10.0. The Labute approximate surface area is 173 Å². The van der Waals surface area contributed by atoms with Crippen molar-refractivity contribution in [1.82, 2.24) is 0 Å². The van der Waals surface area contributed by atoms with Gasteiger partial charge in [0.05, 0.1) is 11.7 Å². The van der Waals surface area contributed by atoms with E-state index in [0.717, 1.165) is 35.1 Å². The summed E-state index contributed by atoms with van der Waals surface area (Å²) in [6.45, 7) is 6.86. The number of benzene rings is 3. The van der Waals surface area contributed by atoms with E-state index in [1.54, 1.807) is 0 Å². The summed E-state index contributed by atoms with van der Waals surface area (Å²) in [7, 11) is 0. The molecule has 0 aliphatic heterocycles. The van der Waals surface area contributed by atoms with Gasteiger partial charge >= 0.3 is 5.97 Å². The average molecular weight is 389 g/mol. The minimum absolute atomic E-state index is 0.0850. The van der Waals surface area contributed by atoms with Gasteiger partial charge in [0.25, 0.3) is 0 Å². The van der Waals surface area contributed by atoms with Crippen LogP contribution in [0.4, 0.5) is 0 Å². The van der Waals surface area contributed by atoms with Crippen molar-refractivity contribution in [2.45, 2.75) is 39.7 Å². The van der Waals surface area contributed by atoms with Gasteiger partial charge in [-0.2, -0.15) is 0 Å². The standard InChI is InChI=1S/C26H28O3/c1-4-8-23-9-6-7-10-25(23)29-26(27)24-17-15-22(16-18-24)21-13-11-20(12-14-21)19(3)28-5-2/h6-7,9-19H,4-5,8H2,1-3H3. The molecule has 29 heavy (non-hydrogen) atoms. The third-order valence-corrected chi connectivity index (χ3v) is 4.95. The largest absolute Gasteiger partial charge is 0.423 e. The van der Waals surface area contributed by atoms with E-state index in [0.29, 0.717) is 17.9 Å². The minimum Gasteiger partial charge on any atom is -0.423 e. The Morgan fingerprint density at radius 3 is 2.10 bits per heavy atom. The van der Waals surface area contributed by atoms with Gasteiger partial charge in [0.15, 0.2) is 0 Å². The van der Waals surface area contributed by atoms with E-state index in [4.69, 9.17) is 9.47 Å². The summed E-state index contributed by atoms with van der Waals surface area (Å²) < 4.78 is 11.3. The van der Waals surface area contributed by atoms with Crippen molar-refractivity contribution in [1.29, 1.82) is 0 Å². The number of carbonyl (C=O) groups is 1. The van der Waals surface area contributed by atoms with Crippen molar-refractivity contribution >= 4 is 5.97 Å². The summed E-state index contributed by atoms with van der Waals surface area (Å²) >= 11 is 0. The summed E-state index contributed by atoms with van der Waals surface area (Å²) in [5.41, 5.74) is 4.92. The second-order valence-corrected chi connectivity index (χ2v) is 7.04. The number of aryl methyl sites for hydroxylation is 1. The Kier molecular flexibility index (Phi) is 7.20. The minimum atomic E-state index is -0.332. The van der Waals surface area contributed by atoms with Crippen LogP contribution in [-0.4, -0.2) is 12.6 Å². The van der Waals surface area contributed by atoms with Gasteiger partial charge < -0.3 is 9.47 Å². The molecule has 0 bridgehead atoms. The van der Waals surface area contributed by atoms with Gasteiger partial charge in [-0.25, -0.2) is 4.79 Å². The van der Waals surface area contributed by atoms with E-state index in [-0.39, 0.29) is 12.1 Å². The number of ether oxygens (including phenoxy) is 2. The first-order chi connectivity index (χ1) is 14.1. The number of esters is 1. The molecule has 3 aromatic rings. The van der Waals surface area contributed by atoms with E-state index in [1.165, 1.54) is 0 Å². The Morgan fingerprint density at radius 1 is 0.862 bits per heavy atom. The van der Waals surface area contributed by atoms with E-state index in [2.05, 4.69) is 38.1 Å². The number of hydrogen-bond donors (Lipinski definition) is 0. The molecule has 3 heteroatoms. The Balaban J connectivity index is 1.71. The molecule has 0 heterocycles. The number of hydrogen-bond acceptors (Lipinski definition) is 3. The number of rotatable bonds is 8. The van der Waals surface area contributed by atoms with E-state index in [9.17, 15) is 4.79 Å². The van der Waals surface area contributed by atoms with Crippen molar-refractivity contribution in [3.63, 3.8) is 0 Å². The quantitative estimate of drug-likeness (QED) is 0.321. The van der Waals surface area contributed by atoms with E-state index < -0.39 is 0 Å². The zero-order chi connectivity index (χ0) is 20.6. The highest BCUT2D eigenvalue weighted by molar-refractivity contribution is 5.91. The van der Waals surface area contributed by atoms with Crippen LogP contribution in [0.3, 0.4) is 0 Å². The van der Waals surface area contributed by atoms with Crippen molar-refractivity contribution in [3.8, 4) is 16.9 Å². The molecule has 1 unspecified atom stereocenters. The lowest BCUT2D eigenvalue weighted by atomic mass is 10.0. The molecule has 0 amide bonds. The highest BCUT2D eigenvalue weighted by Crippen LogP contribution is 2.25. The molecule has 0 spiro atoms. The zero-order valence-electron chi connectivity index (χ0n) is 17.4. The van der Waals surface area contributed by atoms with Crippen LogP contribution in [0.1, 0.15) is 54.8 Å². The fraction of sp³-hybridized carbons (Fsp3) is 0.269. The average Bonchev–Trinajstić information content (AvgIpc) is 2.76. The third kappa shape index (κ3) is 5.33.